The molecule has 0 aliphatic carbocycles. The summed E-state index contributed by atoms with van der Waals surface area (Å²) in [6.45, 7) is 0. The summed E-state index contributed by atoms with van der Waals surface area (Å²) in [6.07, 6.45) is 0. The Kier molecular flexibility index (Phi) is 4.58. The van der Waals surface area contributed by atoms with Gasteiger partial charge in [0.05, 0.1) is 27.5 Å². The van der Waals surface area contributed by atoms with Crippen LogP contribution in [0, 0.1) is 0 Å². The average molecular weight is 526 g/mol. The van der Waals surface area contributed by atoms with Gasteiger partial charge in [0, 0.05) is 33.1 Å². The van der Waals surface area contributed by atoms with E-state index in [2.05, 4.69) is 124 Å². The predicted octanol–water partition coefficient (Wildman–Crippen LogP) is 9.69. The quantitative estimate of drug-likeness (QED) is 0.230. The van der Waals surface area contributed by atoms with E-state index < -0.39 is 0 Å². The van der Waals surface area contributed by atoms with Gasteiger partial charge in [0.25, 0.3) is 0 Å². The number of rotatable bonds is 3. The Hall–Kier alpha value is -5.61. The first-order valence-electron chi connectivity index (χ1n) is 13.8. The lowest BCUT2D eigenvalue weighted by atomic mass is 10.1. The molecule has 192 valence electrons. The Morgan fingerprint density at radius 2 is 1.20 bits per heavy atom. The Balaban J connectivity index is 1.34. The van der Waals surface area contributed by atoms with Gasteiger partial charge in [0.15, 0.2) is 0 Å². The van der Waals surface area contributed by atoms with Crippen LogP contribution in [0.5, 0.6) is 0 Å². The van der Waals surface area contributed by atoms with Crippen molar-refractivity contribution in [3.63, 3.8) is 0 Å². The van der Waals surface area contributed by atoms with Crippen molar-refractivity contribution in [2.24, 2.45) is 0 Å². The molecule has 0 atom stereocenters. The summed E-state index contributed by atoms with van der Waals surface area (Å²) in [6, 6.07) is 48.7. The SMILES string of the molecule is c1ccc(-c2nc3cc(-n4c5ccccc5c5c6oc7ccccc7c6ccc54)ccc3n2-c2ccccc2)cc1. The van der Waals surface area contributed by atoms with E-state index >= 15 is 0 Å². The number of fused-ring (bicyclic) bond motifs is 8. The fourth-order valence-electron chi connectivity index (χ4n) is 6.34. The normalized spacial score (nSPS) is 11.9. The van der Waals surface area contributed by atoms with Crippen molar-refractivity contribution in [2.45, 2.75) is 0 Å². The van der Waals surface area contributed by atoms with Crippen molar-refractivity contribution in [3.05, 3.63) is 140 Å². The fraction of sp³-hybridized carbons (Fsp3) is 0. The zero-order valence-electron chi connectivity index (χ0n) is 22.0. The molecule has 9 rings (SSSR count). The molecule has 0 unspecified atom stereocenters. The lowest BCUT2D eigenvalue weighted by Crippen LogP contribution is -1.97. The van der Waals surface area contributed by atoms with Crippen molar-refractivity contribution < 1.29 is 4.42 Å². The molecule has 0 aliphatic rings. The van der Waals surface area contributed by atoms with Gasteiger partial charge in [-0.2, -0.15) is 0 Å². The molecule has 0 fully saturated rings. The van der Waals surface area contributed by atoms with Gasteiger partial charge >= 0.3 is 0 Å². The summed E-state index contributed by atoms with van der Waals surface area (Å²) in [4.78, 5) is 5.20. The number of nitrogens with zero attached hydrogens (tertiary/aromatic N) is 3. The predicted molar refractivity (Wildman–Crippen MR) is 168 cm³/mol. The highest BCUT2D eigenvalue weighted by Crippen LogP contribution is 2.41. The first kappa shape index (κ1) is 22.2. The van der Waals surface area contributed by atoms with Crippen molar-refractivity contribution >= 4 is 54.8 Å². The zero-order chi connectivity index (χ0) is 26.9. The van der Waals surface area contributed by atoms with E-state index in [1.807, 2.05) is 24.3 Å². The van der Waals surface area contributed by atoms with Crippen molar-refractivity contribution in [3.8, 4) is 22.8 Å². The van der Waals surface area contributed by atoms with Gasteiger partial charge in [-0.15, -0.1) is 0 Å². The van der Waals surface area contributed by atoms with E-state index in [-0.39, 0.29) is 0 Å². The number of hydrogen-bond acceptors (Lipinski definition) is 2. The molecule has 0 amide bonds. The van der Waals surface area contributed by atoms with Gasteiger partial charge < -0.3 is 8.98 Å². The molecule has 4 heteroatoms. The lowest BCUT2D eigenvalue weighted by molar-refractivity contribution is 0.673. The molecule has 0 N–H and O–H groups in total. The first-order chi connectivity index (χ1) is 20.3. The molecule has 0 bridgehead atoms. The van der Waals surface area contributed by atoms with Crippen LogP contribution in [0.15, 0.2) is 144 Å². The fourth-order valence-corrected chi connectivity index (χ4v) is 6.34. The molecule has 3 aromatic heterocycles. The van der Waals surface area contributed by atoms with Crippen LogP contribution in [0.3, 0.4) is 0 Å². The van der Waals surface area contributed by atoms with Crippen LogP contribution in [0.4, 0.5) is 0 Å². The van der Waals surface area contributed by atoms with Crippen molar-refractivity contribution in [1.82, 2.24) is 14.1 Å². The van der Waals surface area contributed by atoms with E-state index in [0.717, 1.165) is 72.2 Å². The number of imidazole rings is 1. The summed E-state index contributed by atoms with van der Waals surface area (Å²) in [5.74, 6) is 0.926. The number of hydrogen-bond donors (Lipinski definition) is 0. The maximum absolute atomic E-state index is 6.48. The topological polar surface area (TPSA) is 35.9 Å². The van der Waals surface area contributed by atoms with E-state index in [1.54, 1.807) is 0 Å². The van der Waals surface area contributed by atoms with Crippen molar-refractivity contribution in [2.75, 3.05) is 0 Å². The summed E-state index contributed by atoms with van der Waals surface area (Å²) in [5.41, 5.74) is 9.34. The van der Waals surface area contributed by atoms with Gasteiger partial charge in [0.2, 0.25) is 0 Å². The third-order valence-electron chi connectivity index (χ3n) is 8.12. The molecular formula is C37H23N3O. The van der Waals surface area contributed by atoms with Crippen LogP contribution in [-0.2, 0) is 0 Å². The molecule has 0 saturated carbocycles. The monoisotopic (exact) mass is 525 g/mol. The Labute approximate surface area is 235 Å². The van der Waals surface area contributed by atoms with Gasteiger partial charge in [-0.05, 0) is 54.6 Å². The minimum atomic E-state index is 0.910. The van der Waals surface area contributed by atoms with Gasteiger partial charge in [-0.1, -0.05) is 84.9 Å². The molecule has 0 saturated heterocycles. The Morgan fingerprint density at radius 1 is 0.488 bits per heavy atom. The number of aromatic nitrogens is 3. The number of furan rings is 1. The summed E-state index contributed by atoms with van der Waals surface area (Å²) in [5, 5.41) is 4.59. The molecule has 3 heterocycles. The molecule has 4 nitrogen and oxygen atoms in total. The van der Waals surface area contributed by atoms with E-state index in [1.165, 1.54) is 5.39 Å². The summed E-state index contributed by atoms with van der Waals surface area (Å²) < 4.78 is 11.1. The van der Waals surface area contributed by atoms with E-state index in [4.69, 9.17) is 9.40 Å². The van der Waals surface area contributed by atoms with Crippen LogP contribution in [0.1, 0.15) is 0 Å². The van der Waals surface area contributed by atoms with Gasteiger partial charge in [0.1, 0.15) is 17.0 Å². The first-order valence-corrected chi connectivity index (χ1v) is 13.8. The highest BCUT2D eigenvalue weighted by Gasteiger charge is 2.20. The molecule has 0 aliphatic heterocycles. The molecule has 9 aromatic rings. The molecule has 6 aromatic carbocycles. The van der Waals surface area contributed by atoms with Crippen LogP contribution in [0.2, 0.25) is 0 Å². The Morgan fingerprint density at radius 3 is 2.05 bits per heavy atom. The molecule has 0 radical (unpaired) electrons. The second-order valence-electron chi connectivity index (χ2n) is 10.4. The van der Waals surface area contributed by atoms with E-state index in [0.29, 0.717) is 0 Å². The number of benzene rings is 6. The largest absolute Gasteiger partial charge is 0.455 e. The lowest BCUT2D eigenvalue weighted by Gasteiger charge is -2.10. The van der Waals surface area contributed by atoms with E-state index in [9.17, 15) is 0 Å². The zero-order valence-corrected chi connectivity index (χ0v) is 22.0. The smallest absolute Gasteiger partial charge is 0.145 e. The third kappa shape index (κ3) is 3.19. The molecule has 0 spiro atoms. The maximum Gasteiger partial charge on any atom is 0.145 e. The van der Waals surface area contributed by atoms with Gasteiger partial charge in [-0.3, -0.25) is 4.57 Å². The van der Waals surface area contributed by atoms with Gasteiger partial charge in [-0.25, -0.2) is 4.98 Å². The second-order valence-corrected chi connectivity index (χ2v) is 10.4. The minimum absolute atomic E-state index is 0.910. The van der Waals surface area contributed by atoms with Crippen LogP contribution < -0.4 is 0 Å². The average Bonchev–Trinajstić information content (AvgIpc) is 3.71. The highest BCUT2D eigenvalue weighted by molar-refractivity contribution is 6.23. The number of para-hydroxylation sites is 3. The summed E-state index contributed by atoms with van der Waals surface area (Å²) >= 11 is 0. The van der Waals surface area contributed by atoms with Crippen LogP contribution in [0.25, 0.3) is 77.5 Å². The minimum Gasteiger partial charge on any atom is -0.455 e. The summed E-state index contributed by atoms with van der Waals surface area (Å²) in [7, 11) is 0. The van der Waals surface area contributed by atoms with Crippen molar-refractivity contribution in [1.29, 1.82) is 0 Å². The van der Waals surface area contributed by atoms with Crippen LogP contribution >= 0.6 is 0 Å². The third-order valence-corrected chi connectivity index (χ3v) is 8.12. The maximum atomic E-state index is 6.48. The molecule has 41 heavy (non-hydrogen) atoms. The molecular weight excluding hydrogens is 502 g/mol. The second kappa shape index (κ2) is 8.44. The highest BCUT2D eigenvalue weighted by atomic mass is 16.3. The van der Waals surface area contributed by atoms with Crippen LogP contribution in [-0.4, -0.2) is 14.1 Å². The Bertz CT molecular complexity index is 2410. The standard InChI is InChI=1S/C37H23N3O/c1-3-11-24(12-4-1)37-38-30-23-26(19-21-32(30)40(37)25-13-5-2-6-14-25)39-31-17-9-7-16-29(31)35-33(39)22-20-28-27-15-8-10-18-34(27)41-36(28)35/h1-23H.